The molecular formula is C7H15BO10. The predicted molar refractivity (Wildman–Crippen MR) is 53.8 cm³/mol. The van der Waals surface area contributed by atoms with Crippen LogP contribution in [0.25, 0.3) is 0 Å². The largest absolute Gasteiger partial charge is 0.634 e. The maximum absolute atomic E-state index is 10.6. The molecule has 0 aliphatic rings. The average molecular weight is 270 g/mol. The zero-order valence-electron chi connectivity index (χ0n) is 9.07. The summed E-state index contributed by atoms with van der Waals surface area (Å²) in [6, 6.07) is 0. The highest BCUT2D eigenvalue weighted by Crippen LogP contribution is 2.11. The zero-order chi connectivity index (χ0) is 14.5. The van der Waals surface area contributed by atoms with E-state index < -0.39 is 50.4 Å². The molecule has 8 N–H and O–H groups in total. The van der Waals surface area contributed by atoms with Crippen LogP contribution in [0.5, 0.6) is 0 Å². The molecule has 0 aliphatic carbocycles. The van der Waals surface area contributed by atoms with Crippen LogP contribution in [0.15, 0.2) is 0 Å². The molecule has 11 heteroatoms. The van der Waals surface area contributed by atoms with Crippen LogP contribution < -0.4 is 0 Å². The summed E-state index contributed by atoms with van der Waals surface area (Å²) in [6.07, 6.45) is -10.6. The third kappa shape index (κ3) is 4.84. The molecule has 0 aromatic carbocycles. The summed E-state index contributed by atoms with van der Waals surface area (Å²) in [5, 5.41) is 70.9. The number of hydrogen-bond acceptors (Lipinski definition) is 9. The number of carboxylic acid groups (broad SMARTS) is 1. The monoisotopic (exact) mass is 270 g/mol. The third-order valence-electron chi connectivity index (χ3n) is 2.10. The van der Waals surface area contributed by atoms with Crippen molar-refractivity contribution in [2.24, 2.45) is 0 Å². The van der Waals surface area contributed by atoms with Gasteiger partial charge < -0.3 is 45.3 Å². The van der Waals surface area contributed by atoms with Gasteiger partial charge in [0.05, 0.1) is 6.61 Å². The van der Waals surface area contributed by atoms with Crippen molar-refractivity contribution in [1.29, 1.82) is 0 Å². The first-order valence-corrected chi connectivity index (χ1v) is 4.79. The molecule has 0 rings (SSSR count). The third-order valence-corrected chi connectivity index (χ3v) is 2.10. The number of aliphatic hydroxyl groups is 5. The van der Waals surface area contributed by atoms with E-state index in [4.69, 9.17) is 25.4 Å². The van der Waals surface area contributed by atoms with Gasteiger partial charge in [0.1, 0.15) is 24.4 Å². The lowest BCUT2D eigenvalue weighted by Crippen LogP contribution is -2.53. The number of carboxylic acids is 1. The van der Waals surface area contributed by atoms with Gasteiger partial charge in [0.25, 0.3) is 0 Å². The van der Waals surface area contributed by atoms with E-state index in [1.165, 1.54) is 0 Å². The van der Waals surface area contributed by atoms with E-state index in [9.17, 15) is 20.1 Å². The van der Waals surface area contributed by atoms with E-state index in [-0.39, 0.29) is 0 Å². The molecule has 18 heavy (non-hydrogen) atoms. The normalized spacial score (nSPS) is 19.7. The molecule has 0 bridgehead atoms. The molecule has 0 radical (unpaired) electrons. The lowest BCUT2D eigenvalue weighted by Gasteiger charge is -2.28. The number of carbonyl (C=O) groups is 1. The van der Waals surface area contributed by atoms with Crippen molar-refractivity contribution in [1.82, 2.24) is 0 Å². The minimum Gasteiger partial charge on any atom is -0.479 e. The molecule has 0 amide bonds. The van der Waals surface area contributed by atoms with Gasteiger partial charge in [0.15, 0.2) is 6.10 Å². The van der Waals surface area contributed by atoms with E-state index in [0.29, 0.717) is 0 Å². The minimum absolute atomic E-state index is 0.938. The van der Waals surface area contributed by atoms with E-state index in [1.54, 1.807) is 0 Å². The average Bonchev–Trinajstić information content (AvgIpc) is 2.31. The van der Waals surface area contributed by atoms with Gasteiger partial charge in [0.2, 0.25) is 0 Å². The Kier molecular flexibility index (Phi) is 7.27. The highest BCUT2D eigenvalue weighted by atomic mass is 16.6. The van der Waals surface area contributed by atoms with Crippen molar-refractivity contribution >= 4 is 13.3 Å². The summed E-state index contributed by atoms with van der Waals surface area (Å²) in [5.74, 6) is -1.83. The van der Waals surface area contributed by atoms with Crippen LogP contribution in [0.2, 0.25) is 0 Å². The molecule has 0 saturated heterocycles. The van der Waals surface area contributed by atoms with E-state index in [0.717, 1.165) is 0 Å². The molecule has 0 aromatic heterocycles. The quantitative estimate of drug-likeness (QED) is 0.198. The van der Waals surface area contributed by atoms with Gasteiger partial charge in [-0.3, -0.25) is 0 Å². The topological polar surface area (TPSA) is 188 Å². The number of hydrogen-bond donors (Lipinski definition) is 8. The maximum atomic E-state index is 10.6. The summed E-state index contributed by atoms with van der Waals surface area (Å²) in [4.78, 5) is 10.6. The summed E-state index contributed by atoms with van der Waals surface area (Å²) >= 11 is 0. The summed E-state index contributed by atoms with van der Waals surface area (Å²) in [6.45, 7) is -0.938. The Bertz CT molecular complexity index is 261. The molecule has 5 unspecified atom stereocenters. The molecule has 5 atom stereocenters. The fraction of sp³-hybridized carbons (Fsp3) is 0.857. The van der Waals surface area contributed by atoms with Crippen molar-refractivity contribution in [2.75, 3.05) is 6.61 Å². The van der Waals surface area contributed by atoms with Gasteiger partial charge >= 0.3 is 13.3 Å². The van der Waals surface area contributed by atoms with E-state index in [1.807, 2.05) is 0 Å². The van der Waals surface area contributed by atoms with Gasteiger partial charge in [-0.15, -0.1) is 0 Å². The number of rotatable bonds is 8. The lowest BCUT2D eigenvalue weighted by molar-refractivity contribution is -0.169. The van der Waals surface area contributed by atoms with E-state index >= 15 is 0 Å². The Morgan fingerprint density at radius 3 is 1.89 bits per heavy atom. The zero-order valence-corrected chi connectivity index (χ0v) is 9.07. The molecule has 10 nitrogen and oxygen atoms in total. The highest BCUT2D eigenvalue weighted by molar-refractivity contribution is 6.33. The van der Waals surface area contributed by atoms with Crippen LogP contribution in [0.3, 0.4) is 0 Å². The standard InChI is InChI=1S/C7H15BO10/c9-1-2(10)3(11)4(12)5(13)6(7(14)15)18-8(16)17/h2-6,9-13,16-17H,1H2,(H,14,15). The van der Waals surface area contributed by atoms with Crippen LogP contribution in [-0.4, -0.2) is 91.1 Å². The summed E-state index contributed by atoms with van der Waals surface area (Å²) < 4.78 is 4.00. The van der Waals surface area contributed by atoms with Gasteiger partial charge in [0, 0.05) is 0 Å². The molecule has 0 aromatic rings. The first-order valence-electron chi connectivity index (χ1n) is 4.79. The van der Waals surface area contributed by atoms with Crippen LogP contribution in [0.1, 0.15) is 0 Å². The Morgan fingerprint density at radius 1 is 1.06 bits per heavy atom. The second-order valence-electron chi connectivity index (χ2n) is 3.44. The second kappa shape index (κ2) is 7.61. The number of aliphatic hydroxyl groups excluding tert-OH is 5. The molecule has 0 saturated carbocycles. The fourth-order valence-electron chi connectivity index (χ4n) is 1.13. The molecule has 0 heterocycles. The van der Waals surface area contributed by atoms with Crippen LogP contribution in [-0.2, 0) is 9.45 Å². The van der Waals surface area contributed by atoms with Gasteiger partial charge in [-0.2, -0.15) is 0 Å². The molecule has 0 fully saturated rings. The Balaban J connectivity index is 4.75. The van der Waals surface area contributed by atoms with Crippen molar-refractivity contribution in [3.63, 3.8) is 0 Å². The molecular weight excluding hydrogens is 255 g/mol. The molecule has 0 aliphatic heterocycles. The van der Waals surface area contributed by atoms with Gasteiger partial charge in [-0.1, -0.05) is 0 Å². The Morgan fingerprint density at radius 2 is 1.56 bits per heavy atom. The Labute approximate surface area is 101 Å². The fourth-order valence-corrected chi connectivity index (χ4v) is 1.13. The highest BCUT2D eigenvalue weighted by Gasteiger charge is 2.40. The van der Waals surface area contributed by atoms with Crippen LogP contribution in [0.4, 0.5) is 0 Å². The first-order chi connectivity index (χ1) is 8.22. The minimum atomic E-state index is -2.52. The number of aliphatic carboxylic acids is 1. The SMILES string of the molecule is O=C(O)C(OB(O)O)C(O)C(O)C(O)C(O)CO. The van der Waals surface area contributed by atoms with Crippen molar-refractivity contribution in [2.45, 2.75) is 30.5 Å². The maximum Gasteiger partial charge on any atom is 0.634 e. The van der Waals surface area contributed by atoms with Crippen LogP contribution >= 0.6 is 0 Å². The second-order valence-corrected chi connectivity index (χ2v) is 3.44. The first kappa shape index (κ1) is 17.2. The smallest absolute Gasteiger partial charge is 0.479 e. The molecule has 0 spiro atoms. The predicted octanol–water partition coefficient (Wildman–Crippen LogP) is -5.14. The summed E-state index contributed by atoms with van der Waals surface area (Å²) in [7, 11) is -2.52. The molecule has 106 valence electrons. The lowest BCUT2D eigenvalue weighted by atomic mass is 9.98. The van der Waals surface area contributed by atoms with Crippen molar-refractivity contribution in [3.05, 3.63) is 0 Å². The van der Waals surface area contributed by atoms with Gasteiger partial charge in [-0.05, 0) is 0 Å². The summed E-state index contributed by atoms with van der Waals surface area (Å²) in [5.41, 5.74) is 0. The van der Waals surface area contributed by atoms with Crippen molar-refractivity contribution in [3.8, 4) is 0 Å². The van der Waals surface area contributed by atoms with Gasteiger partial charge in [-0.25, -0.2) is 4.79 Å². The van der Waals surface area contributed by atoms with Crippen molar-refractivity contribution < 1.29 is 50.1 Å². The van der Waals surface area contributed by atoms with E-state index in [2.05, 4.69) is 4.65 Å². The van der Waals surface area contributed by atoms with Crippen LogP contribution in [0, 0.1) is 0 Å². The Hall–Kier alpha value is -0.785.